The Bertz CT molecular complexity index is 1660. The molecule has 4 fully saturated rings. The van der Waals surface area contributed by atoms with Crippen LogP contribution in [0.25, 0.3) is 10.9 Å². The quantitative estimate of drug-likeness (QED) is 0.163. The van der Waals surface area contributed by atoms with Gasteiger partial charge in [-0.05, 0) is 79.9 Å². The van der Waals surface area contributed by atoms with E-state index in [0.29, 0.717) is 23.7 Å². The highest BCUT2D eigenvalue weighted by molar-refractivity contribution is 5.97. The van der Waals surface area contributed by atoms with Crippen molar-refractivity contribution in [2.45, 2.75) is 82.0 Å². The number of carboxylic acid groups (broad SMARTS) is 1. The van der Waals surface area contributed by atoms with Crippen molar-refractivity contribution < 1.29 is 33.8 Å². The standard InChI is InChI=1S/C36H43N5O7/c1-36(18-25-19-38-27-10-6-5-9-26(25)27,41-35(47)48-31-23-12-21-11-22(14-23)15-24(31)13-21)34(46)40-29(17-30(42)43)33(45)39-28(32(37)44)16-20-7-3-2-4-8-20/h2-10,19,21-24,28-29,31,38H,11-18H2,1H3,(H2,37,44)(H,39,45)(H,40,46)(H,41,47)(H,42,43)/t21?,22?,23?,24?,28-,29-,31?,36+/m0/s1. The van der Waals surface area contributed by atoms with Gasteiger partial charge in [-0.2, -0.15) is 0 Å². The summed E-state index contributed by atoms with van der Waals surface area (Å²) < 4.78 is 6.07. The molecule has 1 aromatic heterocycles. The Kier molecular flexibility index (Phi) is 9.43. The third-order valence-corrected chi connectivity index (χ3v) is 10.4. The number of carboxylic acids is 1. The number of hydrogen-bond donors (Lipinski definition) is 6. The summed E-state index contributed by atoms with van der Waals surface area (Å²) in [5, 5.41) is 18.4. The van der Waals surface area contributed by atoms with Crippen molar-refractivity contribution in [1.82, 2.24) is 20.9 Å². The summed E-state index contributed by atoms with van der Waals surface area (Å²) in [6, 6.07) is 13.7. The number of alkyl carbamates (subject to hydrolysis) is 1. The maximum absolute atomic E-state index is 14.2. The van der Waals surface area contributed by atoms with Crippen molar-refractivity contribution in [1.29, 1.82) is 0 Å². The molecule has 3 atom stereocenters. The van der Waals surface area contributed by atoms with Gasteiger partial charge in [-0.15, -0.1) is 0 Å². The molecule has 48 heavy (non-hydrogen) atoms. The van der Waals surface area contributed by atoms with Crippen LogP contribution < -0.4 is 21.7 Å². The number of fused-ring (bicyclic) bond motifs is 1. The fourth-order valence-electron chi connectivity index (χ4n) is 8.33. The van der Waals surface area contributed by atoms with Gasteiger partial charge >= 0.3 is 12.1 Å². The Morgan fingerprint density at radius 1 is 0.917 bits per heavy atom. The van der Waals surface area contributed by atoms with Crippen molar-refractivity contribution >= 4 is 40.7 Å². The second kappa shape index (κ2) is 13.7. The average Bonchev–Trinajstić information content (AvgIpc) is 3.44. The first-order valence-corrected chi connectivity index (χ1v) is 16.7. The molecular formula is C36H43N5O7. The van der Waals surface area contributed by atoms with E-state index in [9.17, 15) is 29.1 Å². The van der Waals surface area contributed by atoms with Crippen molar-refractivity contribution in [3.05, 3.63) is 71.9 Å². The van der Waals surface area contributed by atoms with Crippen LogP contribution in [-0.4, -0.2) is 63.6 Å². The smallest absolute Gasteiger partial charge is 0.408 e. The minimum absolute atomic E-state index is 0.0128. The largest absolute Gasteiger partial charge is 0.481 e. The van der Waals surface area contributed by atoms with Gasteiger partial charge in [-0.3, -0.25) is 19.2 Å². The first kappa shape index (κ1) is 33.0. The van der Waals surface area contributed by atoms with Crippen molar-refractivity contribution in [2.24, 2.45) is 29.4 Å². The molecule has 0 radical (unpaired) electrons. The Balaban J connectivity index is 1.21. The van der Waals surface area contributed by atoms with Crippen LogP contribution in [0.2, 0.25) is 0 Å². The third kappa shape index (κ3) is 7.32. The first-order valence-electron chi connectivity index (χ1n) is 16.7. The van der Waals surface area contributed by atoms with Crippen LogP contribution in [0.5, 0.6) is 0 Å². The van der Waals surface area contributed by atoms with Gasteiger partial charge in [0.05, 0.1) is 6.42 Å². The number of H-pyrrole nitrogens is 1. The van der Waals surface area contributed by atoms with E-state index in [2.05, 4.69) is 20.9 Å². The van der Waals surface area contributed by atoms with Gasteiger partial charge in [0.2, 0.25) is 17.7 Å². The predicted molar refractivity (Wildman–Crippen MR) is 176 cm³/mol. The number of primary amides is 1. The number of rotatable bonds is 13. The number of benzene rings is 2. The molecule has 0 aliphatic heterocycles. The molecule has 4 saturated carbocycles. The van der Waals surface area contributed by atoms with Gasteiger partial charge in [0.25, 0.3) is 0 Å². The molecule has 2 aromatic carbocycles. The molecule has 0 unspecified atom stereocenters. The SMILES string of the molecule is C[C@](Cc1c[nH]c2ccccc12)(NC(=O)OC1C2CC3CC(C2)CC1C3)C(=O)N[C@@H](CC(=O)O)C(=O)N[C@@H](Cc1ccccc1)C(N)=O. The van der Waals surface area contributed by atoms with E-state index in [0.717, 1.165) is 47.7 Å². The Morgan fingerprint density at radius 3 is 2.21 bits per heavy atom. The van der Waals surface area contributed by atoms with E-state index in [4.69, 9.17) is 10.5 Å². The van der Waals surface area contributed by atoms with E-state index in [1.165, 1.54) is 13.3 Å². The summed E-state index contributed by atoms with van der Waals surface area (Å²) in [4.78, 5) is 68.5. The van der Waals surface area contributed by atoms with Crippen LogP contribution >= 0.6 is 0 Å². The maximum Gasteiger partial charge on any atom is 0.408 e. The number of para-hydroxylation sites is 1. The minimum Gasteiger partial charge on any atom is -0.481 e. The summed E-state index contributed by atoms with van der Waals surface area (Å²) in [7, 11) is 0. The second-order valence-electron chi connectivity index (χ2n) is 14.1. The summed E-state index contributed by atoms with van der Waals surface area (Å²) in [6.45, 7) is 1.53. The zero-order valence-corrected chi connectivity index (χ0v) is 26.9. The zero-order chi connectivity index (χ0) is 34.0. The molecule has 7 rings (SSSR count). The predicted octanol–water partition coefficient (Wildman–Crippen LogP) is 3.19. The number of carbonyl (C=O) groups excluding carboxylic acids is 4. The van der Waals surface area contributed by atoms with Crippen LogP contribution in [-0.2, 0) is 36.8 Å². The number of nitrogens with two attached hydrogens (primary N) is 1. The van der Waals surface area contributed by atoms with Crippen LogP contribution in [0.15, 0.2) is 60.8 Å². The average molecular weight is 658 g/mol. The maximum atomic E-state index is 14.2. The molecule has 1 heterocycles. The zero-order valence-electron chi connectivity index (χ0n) is 26.9. The van der Waals surface area contributed by atoms with Crippen molar-refractivity contribution in [3.8, 4) is 0 Å². The van der Waals surface area contributed by atoms with E-state index in [-0.39, 0.29) is 18.9 Å². The first-order chi connectivity index (χ1) is 23.0. The van der Waals surface area contributed by atoms with Gasteiger partial charge < -0.3 is 36.5 Å². The molecule has 4 bridgehead atoms. The number of aromatic nitrogens is 1. The Hall–Kier alpha value is -4.87. The molecule has 0 saturated heterocycles. The topological polar surface area (TPSA) is 193 Å². The summed E-state index contributed by atoms with van der Waals surface area (Å²) in [5.74, 6) is -1.85. The number of nitrogens with one attached hydrogen (secondary N) is 4. The molecular weight excluding hydrogens is 614 g/mol. The van der Waals surface area contributed by atoms with Crippen molar-refractivity contribution in [2.75, 3.05) is 0 Å². The third-order valence-electron chi connectivity index (χ3n) is 10.4. The summed E-state index contributed by atoms with van der Waals surface area (Å²) >= 11 is 0. The number of aromatic amines is 1. The van der Waals surface area contributed by atoms with Crippen LogP contribution in [0.4, 0.5) is 4.79 Å². The molecule has 4 aliphatic rings. The number of amides is 4. The summed E-state index contributed by atoms with van der Waals surface area (Å²) in [6.07, 6.45) is 5.54. The highest BCUT2D eigenvalue weighted by Gasteiger charge is 2.50. The van der Waals surface area contributed by atoms with Gasteiger partial charge in [-0.1, -0.05) is 48.5 Å². The summed E-state index contributed by atoms with van der Waals surface area (Å²) in [5.41, 5.74) is 6.22. The van der Waals surface area contributed by atoms with Gasteiger partial charge in [0.1, 0.15) is 23.7 Å². The van der Waals surface area contributed by atoms with Crippen LogP contribution in [0.1, 0.15) is 56.6 Å². The monoisotopic (exact) mass is 657 g/mol. The Morgan fingerprint density at radius 2 is 1.56 bits per heavy atom. The molecule has 12 heteroatoms. The lowest BCUT2D eigenvalue weighted by Gasteiger charge is -2.53. The highest BCUT2D eigenvalue weighted by Crippen LogP contribution is 2.54. The molecule has 7 N–H and O–H groups in total. The lowest BCUT2D eigenvalue weighted by Crippen LogP contribution is -2.63. The lowest BCUT2D eigenvalue weighted by molar-refractivity contribution is -0.141. The van der Waals surface area contributed by atoms with Gasteiger partial charge in [0.15, 0.2) is 0 Å². The minimum atomic E-state index is -1.65. The van der Waals surface area contributed by atoms with Gasteiger partial charge in [0, 0.05) is 29.9 Å². The molecule has 254 valence electrons. The highest BCUT2D eigenvalue weighted by atomic mass is 16.6. The van der Waals surface area contributed by atoms with E-state index in [1.807, 2.05) is 24.3 Å². The number of hydrogen-bond acceptors (Lipinski definition) is 6. The number of carbonyl (C=O) groups is 5. The van der Waals surface area contributed by atoms with Crippen LogP contribution in [0, 0.1) is 23.7 Å². The van der Waals surface area contributed by atoms with Crippen molar-refractivity contribution in [3.63, 3.8) is 0 Å². The molecule has 3 aromatic rings. The molecule has 0 spiro atoms. The normalized spacial score (nSPS) is 25.0. The number of aliphatic carboxylic acids is 1. The van der Waals surface area contributed by atoms with E-state index in [1.54, 1.807) is 36.5 Å². The number of ether oxygens (including phenoxy) is 1. The molecule has 4 aliphatic carbocycles. The fraction of sp³-hybridized carbons (Fsp3) is 0.472. The van der Waals surface area contributed by atoms with Crippen LogP contribution in [0.3, 0.4) is 0 Å². The Labute approximate surface area is 278 Å². The second-order valence-corrected chi connectivity index (χ2v) is 14.1. The fourth-order valence-corrected chi connectivity index (χ4v) is 8.33. The van der Waals surface area contributed by atoms with E-state index < -0.39 is 53.8 Å². The molecule has 12 nitrogen and oxygen atoms in total. The van der Waals surface area contributed by atoms with E-state index >= 15 is 0 Å². The lowest BCUT2D eigenvalue weighted by atomic mass is 9.55. The van der Waals surface area contributed by atoms with Gasteiger partial charge in [-0.25, -0.2) is 4.79 Å². The molecule has 4 amide bonds.